The van der Waals surface area contributed by atoms with Crippen molar-refractivity contribution < 1.29 is 28.6 Å². The Labute approximate surface area is 438 Å². The van der Waals surface area contributed by atoms with Crippen LogP contribution in [0.4, 0.5) is 0 Å². The van der Waals surface area contributed by atoms with Crippen LogP contribution in [-0.2, 0) is 28.6 Å². The van der Waals surface area contributed by atoms with Gasteiger partial charge in [0.15, 0.2) is 6.10 Å². The van der Waals surface area contributed by atoms with Crippen molar-refractivity contribution in [1.29, 1.82) is 0 Å². The van der Waals surface area contributed by atoms with Crippen molar-refractivity contribution in [3.8, 4) is 0 Å². The van der Waals surface area contributed by atoms with E-state index in [-0.39, 0.29) is 37.5 Å². The molecule has 0 aliphatic rings. The van der Waals surface area contributed by atoms with Crippen LogP contribution in [0.5, 0.6) is 0 Å². The lowest BCUT2D eigenvalue weighted by atomic mass is 10.0. The van der Waals surface area contributed by atoms with Gasteiger partial charge in [0.05, 0.1) is 0 Å². The molecule has 0 aromatic heterocycles. The van der Waals surface area contributed by atoms with Crippen LogP contribution in [0.15, 0.2) is 97.2 Å². The molecule has 0 bridgehead atoms. The zero-order chi connectivity index (χ0) is 51.4. The van der Waals surface area contributed by atoms with Gasteiger partial charge >= 0.3 is 17.9 Å². The van der Waals surface area contributed by atoms with E-state index in [1.165, 1.54) is 128 Å². The largest absolute Gasteiger partial charge is 0.462 e. The van der Waals surface area contributed by atoms with Gasteiger partial charge in [-0.05, 0) is 96.3 Å². The number of esters is 3. The molecule has 0 spiro atoms. The Bertz CT molecular complexity index is 1410. The van der Waals surface area contributed by atoms with Crippen LogP contribution >= 0.6 is 0 Å². The number of hydrogen-bond acceptors (Lipinski definition) is 6. The number of unbranched alkanes of at least 4 members (excludes halogenated alkanes) is 26. The molecule has 0 radical (unpaired) electrons. The minimum absolute atomic E-state index is 0.106. The van der Waals surface area contributed by atoms with Crippen molar-refractivity contribution in [3.05, 3.63) is 97.2 Å². The summed E-state index contributed by atoms with van der Waals surface area (Å²) in [5.41, 5.74) is 0. The summed E-state index contributed by atoms with van der Waals surface area (Å²) >= 11 is 0. The van der Waals surface area contributed by atoms with Crippen molar-refractivity contribution >= 4 is 17.9 Å². The molecule has 0 fully saturated rings. The lowest BCUT2D eigenvalue weighted by Crippen LogP contribution is -2.30. The highest BCUT2D eigenvalue weighted by molar-refractivity contribution is 5.71. The Balaban J connectivity index is 4.49. The van der Waals surface area contributed by atoms with E-state index < -0.39 is 6.10 Å². The monoisotopic (exact) mass is 987 g/mol. The van der Waals surface area contributed by atoms with E-state index in [9.17, 15) is 14.4 Å². The maximum absolute atomic E-state index is 12.9. The van der Waals surface area contributed by atoms with Crippen molar-refractivity contribution in [2.24, 2.45) is 0 Å². The van der Waals surface area contributed by atoms with Gasteiger partial charge in [-0.1, -0.05) is 259 Å². The molecule has 0 saturated carbocycles. The van der Waals surface area contributed by atoms with E-state index >= 15 is 0 Å². The van der Waals surface area contributed by atoms with Gasteiger partial charge in [0.2, 0.25) is 0 Å². The fourth-order valence-corrected chi connectivity index (χ4v) is 8.13. The molecule has 0 rings (SSSR count). The van der Waals surface area contributed by atoms with Crippen molar-refractivity contribution in [3.63, 3.8) is 0 Å². The number of rotatable bonds is 53. The van der Waals surface area contributed by atoms with Crippen LogP contribution < -0.4 is 0 Å². The predicted octanol–water partition coefficient (Wildman–Crippen LogP) is 20.1. The molecule has 0 saturated heterocycles. The van der Waals surface area contributed by atoms with Gasteiger partial charge in [-0.2, -0.15) is 0 Å². The summed E-state index contributed by atoms with van der Waals surface area (Å²) in [6.07, 6.45) is 78.3. The van der Waals surface area contributed by atoms with Gasteiger partial charge in [0.25, 0.3) is 0 Å². The molecule has 0 amide bonds. The number of allylic oxidation sites excluding steroid dienone is 16. The summed E-state index contributed by atoms with van der Waals surface area (Å²) in [6, 6.07) is 0. The summed E-state index contributed by atoms with van der Waals surface area (Å²) in [7, 11) is 0. The fourth-order valence-electron chi connectivity index (χ4n) is 8.13. The first-order chi connectivity index (χ1) is 35.0. The van der Waals surface area contributed by atoms with Crippen LogP contribution in [0, 0.1) is 0 Å². The van der Waals surface area contributed by atoms with E-state index in [0.717, 1.165) is 103 Å². The maximum Gasteiger partial charge on any atom is 0.306 e. The van der Waals surface area contributed by atoms with Gasteiger partial charge in [0, 0.05) is 19.3 Å². The molecule has 0 unspecified atom stereocenters. The number of carbonyl (C=O) groups excluding carboxylic acids is 3. The number of hydrogen-bond donors (Lipinski definition) is 0. The Hall–Kier alpha value is -3.67. The fraction of sp³-hybridized carbons (Fsp3) is 0.708. The number of ether oxygens (including phenoxy) is 3. The molecule has 406 valence electrons. The predicted molar refractivity (Wildman–Crippen MR) is 307 cm³/mol. The summed E-state index contributed by atoms with van der Waals surface area (Å²) in [4.78, 5) is 38.2. The number of carbonyl (C=O) groups is 3. The molecule has 0 aromatic rings. The van der Waals surface area contributed by atoms with Crippen molar-refractivity contribution in [1.82, 2.24) is 0 Å². The highest BCUT2D eigenvalue weighted by Gasteiger charge is 2.19. The lowest BCUT2D eigenvalue weighted by Gasteiger charge is -2.18. The molecule has 0 aliphatic carbocycles. The first-order valence-corrected chi connectivity index (χ1v) is 29.7. The Kier molecular flexibility index (Phi) is 55.9. The topological polar surface area (TPSA) is 78.9 Å². The zero-order valence-electron chi connectivity index (χ0n) is 46.5. The molecule has 1 atom stereocenters. The van der Waals surface area contributed by atoms with Gasteiger partial charge in [0.1, 0.15) is 13.2 Å². The van der Waals surface area contributed by atoms with Crippen LogP contribution in [0.2, 0.25) is 0 Å². The molecule has 6 nitrogen and oxygen atoms in total. The van der Waals surface area contributed by atoms with E-state index in [1.807, 2.05) is 0 Å². The van der Waals surface area contributed by atoms with E-state index in [2.05, 4.69) is 118 Å². The zero-order valence-corrected chi connectivity index (χ0v) is 46.5. The molecule has 0 N–H and O–H groups in total. The second-order valence-electron chi connectivity index (χ2n) is 19.5. The van der Waals surface area contributed by atoms with Gasteiger partial charge < -0.3 is 14.2 Å². The van der Waals surface area contributed by atoms with Gasteiger partial charge in [-0.25, -0.2) is 0 Å². The SMILES string of the molecule is CC/C=C\C/C=C\C/C=C\C/C=C\CCCCCCC(=O)OC[C@H](COC(=O)CCC/C=C\C/C=C\C/C=C\C/C=C\CCCCC)OC(=O)CCCCCCCCCCCCCCCCCCCCC. The first kappa shape index (κ1) is 67.3. The van der Waals surface area contributed by atoms with Crippen LogP contribution in [0.25, 0.3) is 0 Å². The third-order valence-electron chi connectivity index (χ3n) is 12.6. The van der Waals surface area contributed by atoms with Crippen molar-refractivity contribution in [2.45, 2.75) is 284 Å². The minimum atomic E-state index is -0.810. The maximum atomic E-state index is 12.9. The normalized spacial score (nSPS) is 12.8. The summed E-state index contributed by atoms with van der Waals surface area (Å²) < 4.78 is 16.8. The second-order valence-corrected chi connectivity index (χ2v) is 19.5. The molecular weight excluding hydrogens is 877 g/mol. The Morgan fingerprint density at radius 2 is 0.563 bits per heavy atom. The van der Waals surface area contributed by atoms with E-state index in [0.29, 0.717) is 19.3 Å². The molecule has 0 aliphatic heterocycles. The highest BCUT2D eigenvalue weighted by atomic mass is 16.6. The highest BCUT2D eigenvalue weighted by Crippen LogP contribution is 2.16. The van der Waals surface area contributed by atoms with E-state index in [1.54, 1.807) is 0 Å². The van der Waals surface area contributed by atoms with Crippen LogP contribution in [0.1, 0.15) is 278 Å². The Morgan fingerprint density at radius 1 is 0.296 bits per heavy atom. The third kappa shape index (κ3) is 57.1. The second kappa shape index (κ2) is 58.9. The molecular formula is C65H110O6. The molecule has 6 heteroatoms. The lowest BCUT2D eigenvalue weighted by molar-refractivity contribution is -0.167. The molecule has 0 heterocycles. The summed E-state index contributed by atoms with van der Waals surface area (Å²) in [5, 5.41) is 0. The van der Waals surface area contributed by atoms with Crippen LogP contribution in [-0.4, -0.2) is 37.2 Å². The first-order valence-electron chi connectivity index (χ1n) is 29.7. The van der Waals surface area contributed by atoms with E-state index in [4.69, 9.17) is 14.2 Å². The molecule has 0 aromatic carbocycles. The van der Waals surface area contributed by atoms with Crippen LogP contribution in [0.3, 0.4) is 0 Å². The molecule has 71 heavy (non-hydrogen) atoms. The van der Waals surface area contributed by atoms with Gasteiger partial charge in [-0.3, -0.25) is 14.4 Å². The smallest absolute Gasteiger partial charge is 0.306 e. The van der Waals surface area contributed by atoms with Crippen molar-refractivity contribution in [2.75, 3.05) is 13.2 Å². The minimum Gasteiger partial charge on any atom is -0.462 e. The quantitative estimate of drug-likeness (QED) is 0.0261. The average molecular weight is 988 g/mol. The summed E-state index contributed by atoms with van der Waals surface area (Å²) in [5.74, 6) is -0.977. The third-order valence-corrected chi connectivity index (χ3v) is 12.6. The average Bonchev–Trinajstić information content (AvgIpc) is 3.37. The standard InChI is InChI=1S/C65H110O6/c1-4-7-10-13-16-19-22-25-28-31-32-35-38-41-44-47-50-53-56-59-65(68)71-62(60-69-63(66)57-54-51-48-45-42-39-36-33-29-26-23-20-17-14-11-8-5-2)61-70-64(67)58-55-52-49-46-43-40-37-34-30-27-24-21-18-15-12-9-6-3/h8,11,17-18,20-21,26-27,29-30,36-37,39-40,46,49,62H,4-7,9-10,12-16,19,22-25,28,31-35,38,41-45,47-48,50-61H2,1-3H3/b11-8-,20-17-,21-18-,29-26-,30-27-,39-36-,40-37-,49-46-/t62-/m1/s1. The Morgan fingerprint density at radius 3 is 0.944 bits per heavy atom. The van der Waals surface area contributed by atoms with Gasteiger partial charge in [-0.15, -0.1) is 0 Å². The summed E-state index contributed by atoms with van der Waals surface area (Å²) in [6.45, 7) is 6.45.